The van der Waals surface area contributed by atoms with E-state index in [-0.39, 0.29) is 18.4 Å². The molecule has 0 spiro atoms. The number of aliphatic hydroxyl groups is 1. The maximum atomic E-state index is 12.5. The summed E-state index contributed by atoms with van der Waals surface area (Å²) in [7, 11) is 1.70. The lowest BCUT2D eigenvalue weighted by Crippen LogP contribution is -2.44. The lowest BCUT2D eigenvalue weighted by Gasteiger charge is -2.27. The van der Waals surface area contributed by atoms with E-state index >= 15 is 0 Å². The van der Waals surface area contributed by atoms with Crippen LogP contribution in [0.3, 0.4) is 0 Å². The Bertz CT molecular complexity index is 760. The molecule has 2 N–H and O–H groups in total. The summed E-state index contributed by atoms with van der Waals surface area (Å²) in [6.45, 7) is 11.4. The number of amides is 1. The van der Waals surface area contributed by atoms with E-state index in [2.05, 4.69) is 23.7 Å². The molecule has 0 bridgehead atoms. The molecule has 138 valence electrons. The summed E-state index contributed by atoms with van der Waals surface area (Å²) in [5.74, 6) is -0.0977. The van der Waals surface area contributed by atoms with Crippen molar-refractivity contribution in [3.05, 3.63) is 35.0 Å². The third kappa shape index (κ3) is 4.05. The molecule has 0 saturated heterocycles. The van der Waals surface area contributed by atoms with Gasteiger partial charge in [0.2, 0.25) is 0 Å². The number of fused-ring (bicyclic) bond motifs is 1. The Kier molecular flexibility index (Phi) is 5.91. The van der Waals surface area contributed by atoms with E-state index < -0.39 is 5.60 Å². The minimum absolute atomic E-state index is 0.0648. The molecule has 0 aliphatic rings. The van der Waals surface area contributed by atoms with E-state index in [9.17, 15) is 9.90 Å². The quantitative estimate of drug-likeness (QED) is 0.810. The van der Waals surface area contributed by atoms with Gasteiger partial charge in [-0.3, -0.25) is 4.79 Å². The van der Waals surface area contributed by atoms with Crippen LogP contribution in [0.5, 0.6) is 0 Å². The van der Waals surface area contributed by atoms with Crippen molar-refractivity contribution in [2.75, 3.05) is 20.3 Å². The van der Waals surface area contributed by atoms with Gasteiger partial charge in [0.15, 0.2) is 0 Å². The van der Waals surface area contributed by atoms with Crippen LogP contribution in [-0.4, -0.2) is 41.4 Å². The molecule has 0 aliphatic carbocycles. The van der Waals surface area contributed by atoms with E-state index in [1.54, 1.807) is 14.0 Å². The van der Waals surface area contributed by atoms with Crippen LogP contribution in [0, 0.1) is 19.8 Å². The molecule has 1 aromatic heterocycles. The van der Waals surface area contributed by atoms with Gasteiger partial charge in [-0.05, 0) is 50.5 Å². The fourth-order valence-corrected chi connectivity index (χ4v) is 2.83. The van der Waals surface area contributed by atoms with Gasteiger partial charge in [-0.25, -0.2) is 0 Å². The average Bonchev–Trinajstić information content (AvgIpc) is 2.81. The molecule has 2 rings (SSSR count). The van der Waals surface area contributed by atoms with Crippen molar-refractivity contribution >= 4 is 16.8 Å². The number of methoxy groups -OCH3 is 1. The molecule has 5 nitrogen and oxygen atoms in total. The molecule has 1 aromatic carbocycles. The Labute approximate surface area is 150 Å². The number of benzene rings is 1. The SMILES string of the molecule is COCCn1c(C)c(C)c2cc(C(=O)NCC(C)(O)C(C)C)ccc21. The van der Waals surface area contributed by atoms with Crippen LogP contribution in [0.15, 0.2) is 18.2 Å². The summed E-state index contributed by atoms with van der Waals surface area (Å²) in [5.41, 5.74) is 3.16. The molecular formula is C20H30N2O3. The molecule has 0 aliphatic heterocycles. The predicted molar refractivity (Wildman–Crippen MR) is 101 cm³/mol. The average molecular weight is 346 g/mol. The van der Waals surface area contributed by atoms with Crippen molar-refractivity contribution in [1.29, 1.82) is 0 Å². The number of carbonyl (C=O) groups excluding carboxylic acids is 1. The third-order valence-electron chi connectivity index (χ3n) is 5.27. The Hall–Kier alpha value is -1.85. The van der Waals surface area contributed by atoms with Crippen molar-refractivity contribution in [1.82, 2.24) is 9.88 Å². The highest BCUT2D eigenvalue weighted by Crippen LogP contribution is 2.26. The van der Waals surface area contributed by atoms with E-state index in [0.717, 1.165) is 17.4 Å². The highest BCUT2D eigenvalue weighted by molar-refractivity contribution is 5.99. The first-order chi connectivity index (χ1) is 11.7. The van der Waals surface area contributed by atoms with E-state index in [0.29, 0.717) is 12.2 Å². The first-order valence-electron chi connectivity index (χ1n) is 8.78. The zero-order chi connectivity index (χ0) is 18.8. The third-order valence-corrected chi connectivity index (χ3v) is 5.27. The topological polar surface area (TPSA) is 63.5 Å². The number of hydrogen-bond donors (Lipinski definition) is 2. The van der Waals surface area contributed by atoms with E-state index in [1.807, 2.05) is 32.0 Å². The lowest BCUT2D eigenvalue weighted by molar-refractivity contribution is 0.0142. The molecule has 1 atom stereocenters. The van der Waals surface area contributed by atoms with Crippen LogP contribution >= 0.6 is 0 Å². The summed E-state index contributed by atoms with van der Waals surface area (Å²) in [4.78, 5) is 12.5. The fraction of sp³-hybridized carbons (Fsp3) is 0.550. The Morgan fingerprint density at radius 1 is 1.36 bits per heavy atom. The molecule has 1 unspecified atom stereocenters. The van der Waals surface area contributed by atoms with E-state index in [4.69, 9.17) is 4.74 Å². The van der Waals surface area contributed by atoms with Gasteiger partial charge in [-0.1, -0.05) is 13.8 Å². The molecule has 0 saturated carbocycles. The largest absolute Gasteiger partial charge is 0.388 e. The Morgan fingerprint density at radius 2 is 2.04 bits per heavy atom. The van der Waals surface area contributed by atoms with Crippen LogP contribution in [0.25, 0.3) is 10.9 Å². The van der Waals surface area contributed by atoms with Crippen molar-refractivity contribution in [2.24, 2.45) is 5.92 Å². The van der Waals surface area contributed by atoms with Crippen molar-refractivity contribution in [3.8, 4) is 0 Å². The number of aryl methyl sites for hydroxylation is 1. The van der Waals surface area contributed by atoms with Gasteiger partial charge < -0.3 is 19.7 Å². The summed E-state index contributed by atoms with van der Waals surface area (Å²) < 4.78 is 7.42. The molecule has 5 heteroatoms. The Morgan fingerprint density at radius 3 is 2.64 bits per heavy atom. The summed E-state index contributed by atoms with van der Waals surface area (Å²) in [6, 6.07) is 5.75. The normalized spacial score (nSPS) is 14.1. The van der Waals surface area contributed by atoms with Gasteiger partial charge in [-0.2, -0.15) is 0 Å². The second-order valence-electron chi connectivity index (χ2n) is 7.28. The monoisotopic (exact) mass is 346 g/mol. The van der Waals surface area contributed by atoms with Crippen LogP contribution in [0.1, 0.15) is 42.4 Å². The van der Waals surface area contributed by atoms with Crippen molar-refractivity contribution in [3.63, 3.8) is 0 Å². The summed E-state index contributed by atoms with van der Waals surface area (Å²) >= 11 is 0. The fourth-order valence-electron chi connectivity index (χ4n) is 2.83. The summed E-state index contributed by atoms with van der Waals surface area (Å²) in [5, 5.41) is 14.2. The molecule has 1 heterocycles. The Balaban J connectivity index is 2.26. The minimum Gasteiger partial charge on any atom is -0.388 e. The van der Waals surface area contributed by atoms with Gasteiger partial charge in [-0.15, -0.1) is 0 Å². The van der Waals surface area contributed by atoms with E-state index in [1.165, 1.54) is 11.3 Å². The molecular weight excluding hydrogens is 316 g/mol. The molecule has 0 radical (unpaired) electrons. The standard InChI is InChI=1S/C20H30N2O3/c1-13(2)20(5,24)12-21-19(23)16-7-8-18-17(11-16)14(3)15(4)22(18)9-10-25-6/h7-8,11,13,24H,9-10,12H2,1-6H3,(H,21,23). The number of carbonyl (C=O) groups is 1. The second kappa shape index (κ2) is 7.58. The maximum Gasteiger partial charge on any atom is 0.251 e. The van der Waals surface area contributed by atoms with Gasteiger partial charge >= 0.3 is 0 Å². The lowest BCUT2D eigenvalue weighted by atomic mass is 9.92. The zero-order valence-corrected chi connectivity index (χ0v) is 16.1. The van der Waals surface area contributed by atoms with Crippen LogP contribution < -0.4 is 5.32 Å². The van der Waals surface area contributed by atoms with Gasteiger partial charge in [0.1, 0.15) is 0 Å². The maximum absolute atomic E-state index is 12.5. The highest BCUT2D eigenvalue weighted by Gasteiger charge is 2.25. The number of aromatic nitrogens is 1. The summed E-state index contributed by atoms with van der Waals surface area (Å²) in [6.07, 6.45) is 0. The van der Waals surface area contributed by atoms with Crippen LogP contribution in [0.4, 0.5) is 0 Å². The molecule has 2 aromatic rings. The van der Waals surface area contributed by atoms with Crippen molar-refractivity contribution < 1.29 is 14.6 Å². The van der Waals surface area contributed by atoms with Crippen LogP contribution in [-0.2, 0) is 11.3 Å². The molecule has 25 heavy (non-hydrogen) atoms. The van der Waals surface area contributed by atoms with Crippen LogP contribution in [0.2, 0.25) is 0 Å². The predicted octanol–water partition coefficient (Wildman–Crippen LogP) is 3.04. The van der Waals surface area contributed by atoms with Gasteiger partial charge in [0, 0.05) is 42.4 Å². The van der Waals surface area contributed by atoms with Crippen molar-refractivity contribution in [2.45, 2.75) is 46.8 Å². The number of ether oxygens (including phenoxy) is 1. The highest BCUT2D eigenvalue weighted by atomic mass is 16.5. The second-order valence-corrected chi connectivity index (χ2v) is 7.28. The first-order valence-corrected chi connectivity index (χ1v) is 8.78. The van der Waals surface area contributed by atoms with Gasteiger partial charge in [0.05, 0.1) is 12.2 Å². The number of nitrogens with zero attached hydrogens (tertiary/aromatic N) is 1. The number of nitrogens with one attached hydrogen (secondary N) is 1. The first kappa shape index (κ1) is 19.5. The van der Waals surface area contributed by atoms with Gasteiger partial charge in [0.25, 0.3) is 5.91 Å². The number of rotatable bonds is 7. The molecule has 0 fully saturated rings. The molecule has 1 amide bonds. The zero-order valence-electron chi connectivity index (χ0n) is 16.1. The minimum atomic E-state index is -0.921. The number of hydrogen-bond acceptors (Lipinski definition) is 3. The smallest absolute Gasteiger partial charge is 0.251 e.